The number of hydrogen-bond donors (Lipinski definition) is 2. The fourth-order valence-electron chi connectivity index (χ4n) is 3.62. The predicted octanol–water partition coefficient (Wildman–Crippen LogP) is 5.28. The van der Waals surface area contributed by atoms with Crippen molar-refractivity contribution in [2.45, 2.75) is 32.5 Å². The van der Waals surface area contributed by atoms with Crippen molar-refractivity contribution in [3.63, 3.8) is 0 Å². The van der Waals surface area contributed by atoms with Gasteiger partial charge in [-0.25, -0.2) is 9.59 Å². The van der Waals surface area contributed by atoms with Crippen molar-refractivity contribution < 1.29 is 14.8 Å². The molecule has 0 aromatic heterocycles. The van der Waals surface area contributed by atoms with Crippen molar-refractivity contribution in [3.05, 3.63) is 58.6 Å². The molecule has 154 valence electrons. The van der Waals surface area contributed by atoms with Crippen LogP contribution in [0.4, 0.5) is 21.0 Å². The maximum Gasteiger partial charge on any atom is 0.347 e. The molecule has 1 atom stereocenters. The fourth-order valence-corrected chi connectivity index (χ4v) is 4.00. The molecule has 1 aliphatic heterocycles. The van der Waals surface area contributed by atoms with Gasteiger partial charge in [0.15, 0.2) is 6.17 Å². The number of nitrogens with one attached hydrogen (secondary N) is 1. The molecule has 9 heteroatoms. The van der Waals surface area contributed by atoms with Gasteiger partial charge in [0.2, 0.25) is 0 Å². The van der Waals surface area contributed by atoms with Crippen LogP contribution in [0.3, 0.4) is 0 Å². The zero-order chi connectivity index (χ0) is 21.3. The Morgan fingerprint density at radius 3 is 2.38 bits per heavy atom. The lowest BCUT2D eigenvalue weighted by Gasteiger charge is -2.38. The van der Waals surface area contributed by atoms with Crippen molar-refractivity contribution >= 4 is 46.6 Å². The first-order valence-corrected chi connectivity index (χ1v) is 9.83. The zero-order valence-electron chi connectivity index (χ0n) is 16.3. The number of anilines is 2. The second-order valence-corrected chi connectivity index (χ2v) is 8.06. The Kier molecular flexibility index (Phi) is 5.93. The zero-order valence-corrected chi connectivity index (χ0v) is 17.8. The van der Waals surface area contributed by atoms with E-state index < -0.39 is 17.7 Å². The minimum absolute atomic E-state index is 0.334. The van der Waals surface area contributed by atoms with Crippen molar-refractivity contribution in [3.8, 4) is 0 Å². The summed E-state index contributed by atoms with van der Waals surface area (Å²) in [6, 6.07) is 12.2. The third kappa shape index (κ3) is 3.99. The maximum absolute atomic E-state index is 13.1. The van der Waals surface area contributed by atoms with Crippen LogP contribution in [0.2, 0.25) is 10.0 Å². The standard InChI is InChI=1S/C20H22Cl2N4O3/c1-4-24-19(28)25(16-10-6-8-14(22)12-16)17(20(24,2)3)26(29)18(27)23-15-9-5-7-13(21)11-15/h5-12,17,29H,4H2,1-3H3,(H,23,27). The van der Waals surface area contributed by atoms with Gasteiger partial charge in [-0.15, -0.1) is 0 Å². The molecule has 1 fully saturated rings. The molecular weight excluding hydrogens is 415 g/mol. The summed E-state index contributed by atoms with van der Waals surface area (Å²) in [5.41, 5.74) is 0.0191. The first kappa shape index (κ1) is 21.2. The lowest BCUT2D eigenvalue weighted by atomic mass is 10.00. The van der Waals surface area contributed by atoms with Crippen molar-refractivity contribution in [2.75, 3.05) is 16.8 Å². The van der Waals surface area contributed by atoms with Gasteiger partial charge in [0.25, 0.3) is 0 Å². The third-order valence-electron chi connectivity index (χ3n) is 4.93. The summed E-state index contributed by atoms with van der Waals surface area (Å²) in [4.78, 5) is 28.9. The number of carbonyl (C=O) groups is 2. The number of likely N-dealkylation sites (N-methyl/N-ethyl adjacent to an activating group) is 1. The lowest BCUT2D eigenvalue weighted by molar-refractivity contribution is -0.0945. The van der Waals surface area contributed by atoms with Crippen LogP contribution in [0.1, 0.15) is 20.8 Å². The summed E-state index contributed by atoms with van der Waals surface area (Å²) in [5.74, 6) is 0. The van der Waals surface area contributed by atoms with Crippen LogP contribution >= 0.6 is 23.2 Å². The van der Waals surface area contributed by atoms with Crippen LogP contribution in [0.25, 0.3) is 0 Å². The number of rotatable bonds is 4. The molecule has 29 heavy (non-hydrogen) atoms. The van der Waals surface area contributed by atoms with Gasteiger partial charge >= 0.3 is 12.1 Å². The number of benzene rings is 2. The van der Waals surface area contributed by atoms with Crippen LogP contribution in [-0.4, -0.2) is 45.5 Å². The van der Waals surface area contributed by atoms with E-state index >= 15 is 0 Å². The molecule has 0 aliphatic carbocycles. The van der Waals surface area contributed by atoms with E-state index in [4.69, 9.17) is 23.2 Å². The number of hydrogen-bond acceptors (Lipinski definition) is 3. The highest BCUT2D eigenvalue weighted by molar-refractivity contribution is 6.31. The molecule has 1 saturated heterocycles. The van der Waals surface area contributed by atoms with Crippen molar-refractivity contribution in [2.24, 2.45) is 0 Å². The minimum Gasteiger partial charge on any atom is -0.315 e. The second-order valence-electron chi connectivity index (χ2n) is 7.19. The summed E-state index contributed by atoms with van der Waals surface area (Å²) in [7, 11) is 0. The number of nitrogens with zero attached hydrogens (tertiary/aromatic N) is 3. The predicted molar refractivity (Wildman–Crippen MR) is 114 cm³/mol. The minimum atomic E-state index is -0.993. The lowest BCUT2D eigenvalue weighted by Crippen LogP contribution is -2.58. The summed E-state index contributed by atoms with van der Waals surface area (Å²) in [6.07, 6.45) is -0.993. The summed E-state index contributed by atoms with van der Waals surface area (Å²) >= 11 is 12.1. The van der Waals surface area contributed by atoms with Crippen LogP contribution in [0.15, 0.2) is 48.5 Å². The first-order valence-electron chi connectivity index (χ1n) is 9.08. The number of halogens is 2. The van der Waals surface area contributed by atoms with Crippen LogP contribution < -0.4 is 10.2 Å². The molecule has 2 aromatic carbocycles. The van der Waals surface area contributed by atoms with Gasteiger partial charge in [-0.2, -0.15) is 5.06 Å². The van der Waals surface area contributed by atoms with Gasteiger partial charge in [0, 0.05) is 28.0 Å². The number of hydroxylamine groups is 2. The molecule has 0 saturated carbocycles. The maximum atomic E-state index is 13.1. The molecule has 3 rings (SSSR count). The van der Waals surface area contributed by atoms with E-state index in [0.29, 0.717) is 33.0 Å². The van der Waals surface area contributed by atoms with E-state index in [1.54, 1.807) is 67.3 Å². The van der Waals surface area contributed by atoms with Gasteiger partial charge in [-0.05, 0) is 57.2 Å². The molecule has 0 spiro atoms. The van der Waals surface area contributed by atoms with Gasteiger partial charge in [-0.3, -0.25) is 10.1 Å². The van der Waals surface area contributed by atoms with E-state index in [0.717, 1.165) is 0 Å². The Labute approximate surface area is 179 Å². The second kappa shape index (κ2) is 8.10. The highest BCUT2D eigenvalue weighted by Gasteiger charge is 2.55. The molecular formula is C20H22Cl2N4O3. The van der Waals surface area contributed by atoms with Gasteiger partial charge < -0.3 is 10.2 Å². The monoisotopic (exact) mass is 436 g/mol. The largest absolute Gasteiger partial charge is 0.347 e. The Balaban J connectivity index is 1.97. The number of urea groups is 2. The quantitative estimate of drug-likeness (QED) is 0.505. The molecule has 1 heterocycles. The SMILES string of the molecule is CCN1C(=O)N(c2cccc(Cl)c2)C(N(O)C(=O)Nc2cccc(Cl)c2)C1(C)C. The number of amides is 4. The summed E-state index contributed by atoms with van der Waals surface area (Å²) in [6.45, 7) is 5.83. The first-order chi connectivity index (χ1) is 13.7. The highest BCUT2D eigenvalue weighted by atomic mass is 35.5. The topological polar surface area (TPSA) is 76.1 Å². The highest BCUT2D eigenvalue weighted by Crippen LogP contribution is 2.38. The average molecular weight is 437 g/mol. The Bertz CT molecular complexity index is 937. The van der Waals surface area contributed by atoms with E-state index in [1.165, 1.54) is 4.90 Å². The van der Waals surface area contributed by atoms with Crippen molar-refractivity contribution in [1.29, 1.82) is 0 Å². The average Bonchev–Trinajstić information content (AvgIpc) is 2.85. The molecule has 1 unspecified atom stereocenters. The van der Waals surface area contributed by atoms with E-state index in [1.807, 2.05) is 6.92 Å². The molecule has 2 N–H and O–H groups in total. The molecule has 2 aromatic rings. The summed E-state index contributed by atoms with van der Waals surface area (Å²) < 4.78 is 0. The van der Waals surface area contributed by atoms with E-state index in [2.05, 4.69) is 5.32 Å². The normalized spacial score (nSPS) is 18.1. The third-order valence-corrected chi connectivity index (χ3v) is 5.40. The number of carbonyl (C=O) groups excluding carboxylic acids is 2. The van der Waals surface area contributed by atoms with Crippen LogP contribution in [-0.2, 0) is 0 Å². The van der Waals surface area contributed by atoms with Crippen LogP contribution in [0, 0.1) is 0 Å². The molecule has 1 aliphatic rings. The smallest absolute Gasteiger partial charge is 0.315 e. The van der Waals surface area contributed by atoms with Crippen LogP contribution in [0.5, 0.6) is 0 Å². The Morgan fingerprint density at radius 2 is 1.79 bits per heavy atom. The fraction of sp³-hybridized carbons (Fsp3) is 0.300. The molecule has 0 bridgehead atoms. The van der Waals surface area contributed by atoms with E-state index in [-0.39, 0.29) is 6.03 Å². The Hall–Kier alpha value is -2.48. The van der Waals surface area contributed by atoms with Gasteiger partial charge in [0.1, 0.15) is 0 Å². The van der Waals surface area contributed by atoms with Gasteiger partial charge in [0.05, 0.1) is 5.54 Å². The van der Waals surface area contributed by atoms with E-state index in [9.17, 15) is 14.8 Å². The Morgan fingerprint density at radius 1 is 1.17 bits per heavy atom. The molecule has 0 radical (unpaired) electrons. The molecule has 7 nitrogen and oxygen atoms in total. The summed E-state index contributed by atoms with van der Waals surface area (Å²) in [5, 5.41) is 14.9. The van der Waals surface area contributed by atoms with Gasteiger partial charge in [-0.1, -0.05) is 35.3 Å². The molecule has 4 amide bonds. The van der Waals surface area contributed by atoms with Crippen molar-refractivity contribution in [1.82, 2.24) is 9.96 Å².